The summed E-state index contributed by atoms with van der Waals surface area (Å²) < 4.78 is 5.36. The van der Waals surface area contributed by atoms with Crippen LogP contribution in [0.4, 0.5) is 0 Å². The van der Waals surface area contributed by atoms with Gasteiger partial charge in [0.05, 0.1) is 13.2 Å². The number of rotatable bonds is 4. The molecule has 2 aromatic rings. The highest BCUT2D eigenvalue weighted by Gasteiger charge is 2.10. The predicted octanol–water partition coefficient (Wildman–Crippen LogP) is 2.44. The van der Waals surface area contributed by atoms with E-state index in [2.05, 4.69) is 52.7 Å². The Morgan fingerprint density at radius 1 is 1.10 bits per heavy atom. The van der Waals surface area contributed by atoms with Gasteiger partial charge in [-0.25, -0.2) is 0 Å². The zero-order valence-electron chi connectivity index (χ0n) is 12.0. The van der Waals surface area contributed by atoms with Crippen LogP contribution in [0.25, 0.3) is 10.8 Å². The van der Waals surface area contributed by atoms with Crippen LogP contribution in [0.3, 0.4) is 0 Å². The Morgan fingerprint density at radius 2 is 1.86 bits per heavy atom. The Morgan fingerprint density at radius 3 is 2.71 bits per heavy atom. The first-order chi connectivity index (χ1) is 10.3. The molecule has 1 fully saturated rings. The van der Waals surface area contributed by atoms with E-state index in [9.17, 15) is 0 Å². The minimum absolute atomic E-state index is 0.833. The third-order valence-corrected chi connectivity index (χ3v) is 4.22. The largest absolute Gasteiger partial charge is 0.379 e. The molecule has 0 aromatic heterocycles. The van der Waals surface area contributed by atoms with Crippen LogP contribution in [0.5, 0.6) is 0 Å². The summed E-state index contributed by atoms with van der Waals surface area (Å²) in [6.07, 6.45) is 0. The lowest BCUT2D eigenvalue weighted by atomic mass is 10.0. The van der Waals surface area contributed by atoms with Crippen molar-refractivity contribution in [1.82, 2.24) is 10.2 Å². The highest BCUT2D eigenvalue weighted by atomic mass is 32.1. The molecule has 0 amide bonds. The maximum atomic E-state index is 5.56. The second-order valence-corrected chi connectivity index (χ2v) is 5.64. The molecular weight excluding hydrogens is 280 g/mol. The monoisotopic (exact) mass is 300 g/mol. The van der Waals surface area contributed by atoms with E-state index in [0.717, 1.165) is 49.9 Å². The summed E-state index contributed by atoms with van der Waals surface area (Å²) in [5.41, 5.74) is 1.12. The Bertz CT molecular complexity index is 618. The van der Waals surface area contributed by atoms with Gasteiger partial charge in [0.2, 0.25) is 0 Å². The molecule has 1 saturated heterocycles. The number of benzene rings is 2. The van der Waals surface area contributed by atoms with E-state index in [1.165, 1.54) is 10.8 Å². The average molecular weight is 300 g/mol. The number of nitrogens with one attached hydrogen (secondary N) is 1. The molecule has 4 heteroatoms. The summed E-state index contributed by atoms with van der Waals surface area (Å²) in [5.74, 6) is 0. The summed E-state index contributed by atoms with van der Waals surface area (Å²) in [5, 5.41) is 5.83. The standard InChI is InChI=1S/C17H20N2OS/c21-17(18-8-9-19-10-12-20-13-11-19)16-7-3-5-14-4-1-2-6-15(14)16/h1-7H,8-13H2,(H,18,21). The molecule has 0 bridgehead atoms. The fourth-order valence-electron chi connectivity index (χ4n) is 2.67. The first-order valence-corrected chi connectivity index (χ1v) is 7.81. The Kier molecular flexibility index (Phi) is 4.80. The van der Waals surface area contributed by atoms with E-state index in [0.29, 0.717) is 0 Å². The number of hydrogen-bond donors (Lipinski definition) is 1. The molecule has 110 valence electrons. The number of nitrogens with zero attached hydrogens (tertiary/aromatic N) is 1. The Hall–Kier alpha value is -1.49. The molecule has 1 aliphatic rings. The summed E-state index contributed by atoms with van der Waals surface area (Å²) in [6.45, 7) is 5.60. The van der Waals surface area contributed by atoms with E-state index >= 15 is 0 Å². The van der Waals surface area contributed by atoms with Crippen LogP contribution >= 0.6 is 12.2 Å². The van der Waals surface area contributed by atoms with Crippen molar-refractivity contribution in [1.29, 1.82) is 0 Å². The third kappa shape index (κ3) is 3.59. The zero-order valence-corrected chi connectivity index (χ0v) is 12.9. The number of hydrogen-bond acceptors (Lipinski definition) is 3. The molecule has 0 radical (unpaired) electrons. The lowest BCUT2D eigenvalue weighted by molar-refractivity contribution is 0.0389. The van der Waals surface area contributed by atoms with Crippen LogP contribution in [-0.2, 0) is 4.74 Å². The smallest absolute Gasteiger partial charge is 0.107 e. The van der Waals surface area contributed by atoms with E-state index in [4.69, 9.17) is 17.0 Å². The van der Waals surface area contributed by atoms with Gasteiger partial charge < -0.3 is 10.1 Å². The van der Waals surface area contributed by atoms with Gasteiger partial charge in [0.1, 0.15) is 4.99 Å². The molecule has 0 atom stereocenters. The topological polar surface area (TPSA) is 24.5 Å². The van der Waals surface area contributed by atoms with Gasteiger partial charge in [0, 0.05) is 31.7 Å². The second-order valence-electron chi connectivity index (χ2n) is 5.24. The van der Waals surface area contributed by atoms with E-state index in [1.54, 1.807) is 0 Å². The van der Waals surface area contributed by atoms with Crippen LogP contribution < -0.4 is 5.32 Å². The Balaban J connectivity index is 1.61. The molecule has 0 spiro atoms. The minimum atomic E-state index is 0.833. The van der Waals surface area contributed by atoms with Gasteiger partial charge in [0.25, 0.3) is 0 Å². The highest BCUT2D eigenvalue weighted by molar-refractivity contribution is 7.80. The molecule has 1 aliphatic heterocycles. The van der Waals surface area contributed by atoms with Crippen molar-refractivity contribution in [2.45, 2.75) is 0 Å². The summed E-state index contributed by atoms with van der Waals surface area (Å²) >= 11 is 5.56. The number of ether oxygens (including phenoxy) is 1. The highest BCUT2D eigenvalue weighted by Crippen LogP contribution is 2.18. The summed E-state index contributed by atoms with van der Waals surface area (Å²) in [6, 6.07) is 14.6. The molecule has 0 saturated carbocycles. The maximum absolute atomic E-state index is 5.56. The number of fused-ring (bicyclic) bond motifs is 1. The zero-order chi connectivity index (χ0) is 14.5. The van der Waals surface area contributed by atoms with Crippen molar-refractivity contribution >= 4 is 28.0 Å². The first-order valence-electron chi connectivity index (χ1n) is 7.41. The summed E-state index contributed by atoms with van der Waals surface area (Å²) in [7, 11) is 0. The van der Waals surface area contributed by atoms with Crippen LogP contribution in [-0.4, -0.2) is 49.3 Å². The van der Waals surface area contributed by atoms with Crippen LogP contribution in [0, 0.1) is 0 Å². The van der Waals surface area contributed by atoms with Crippen molar-refractivity contribution in [2.24, 2.45) is 0 Å². The van der Waals surface area contributed by atoms with Crippen LogP contribution in [0.1, 0.15) is 5.56 Å². The van der Waals surface area contributed by atoms with Gasteiger partial charge in [0.15, 0.2) is 0 Å². The predicted molar refractivity (Wildman–Crippen MR) is 90.9 cm³/mol. The lowest BCUT2D eigenvalue weighted by Gasteiger charge is -2.26. The van der Waals surface area contributed by atoms with Crippen molar-refractivity contribution in [3.05, 3.63) is 48.0 Å². The van der Waals surface area contributed by atoms with E-state index in [-0.39, 0.29) is 0 Å². The molecular formula is C17H20N2OS. The van der Waals surface area contributed by atoms with Gasteiger partial charge in [-0.05, 0) is 10.8 Å². The lowest BCUT2D eigenvalue weighted by Crippen LogP contribution is -2.41. The number of thiocarbonyl (C=S) groups is 1. The van der Waals surface area contributed by atoms with Gasteiger partial charge in [-0.2, -0.15) is 0 Å². The van der Waals surface area contributed by atoms with Crippen molar-refractivity contribution in [3.8, 4) is 0 Å². The molecule has 21 heavy (non-hydrogen) atoms. The minimum Gasteiger partial charge on any atom is -0.379 e. The maximum Gasteiger partial charge on any atom is 0.107 e. The second kappa shape index (κ2) is 6.98. The van der Waals surface area contributed by atoms with Crippen molar-refractivity contribution in [2.75, 3.05) is 39.4 Å². The molecule has 1 N–H and O–H groups in total. The van der Waals surface area contributed by atoms with Gasteiger partial charge in [-0.3, -0.25) is 4.90 Å². The first kappa shape index (κ1) is 14.4. The van der Waals surface area contributed by atoms with Crippen LogP contribution in [0.15, 0.2) is 42.5 Å². The summed E-state index contributed by atoms with van der Waals surface area (Å²) in [4.78, 5) is 3.24. The average Bonchev–Trinajstić information content (AvgIpc) is 2.55. The van der Waals surface area contributed by atoms with E-state index in [1.807, 2.05) is 0 Å². The van der Waals surface area contributed by atoms with Gasteiger partial charge in [-0.1, -0.05) is 54.7 Å². The number of morpholine rings is 1. The quantitative estimate of drug-likeness (QED) is 0.877. The van der Waals surface area contributed by atoms with Gasteiger partial charge in [-0.15, -0.1) is 0 Å². The normalized spacial score (nSPS) is 16.0. The Labute approximate surface area is 130 Å². The van der Waals surface area contributed by atoms with Crippen molar-refractivity contribution < 1.29 is 4.74 Å². The van der Waals surface area contributed by atoms with Gasteiger partial charge >= 0.3 is 0 Å². The van der Waals surface area contributed by atoms with Crippen LogP contribution in [0.2, 0.25) is 0 Å². The fourth-order valence-corrected chi connectivity index (χ4v) is 2.95. The molecule has 1 heterocycles. The van der Waals surface area contributed by atoms with E-state index < -0.39 is 0 Å². The molecule has 0 unspecified atom stereocenters. The third-order valence-electron chi connectivity index (χ3n) is 3.85. The molecule has 2 aromatic carbocycles. The molecule has 0 aliphatic carbocycles. The molecule has 3 nitrogen and oxygen atoms in total. The fraction of sp³-hybridized carbons (Fsp3) is 0.353. The van der Waals surface area contributed by atoms with Crippen molar-refractivity contribution in [3.63, 3.8) is 0 Å². The SMILES string of the molecule is S=C(NCCN1CCOCC1)c1cccc2ccccc12. The molecule has 3 rings (SSSR count).